The van der Waals surface area contributed by atoms with Crippen molar-refractivity contribution in [2.24, 2.45) is 0 Å². The van der Waals surface area contributed by atoms with Crippen LogP contribution >= 0.6 is 0 Å². The molecule has 2 aromatic rings. The highest BCUT2D eigenvalue weighted by Gasteiger charge is 2.22. The molecular formula is C20H26N4O2. The lowest BCUT2D eigenvalue weighted by molar-refractivity contribution is -0.131. The van der Waals surface area contributed by atoms with Crippen molar-refractivity contribution in [3.63, 3.8) is 0 Å². The molecule has 0 N–H and O–H groups in total. The molecule has 1 fully saturated rings. The quantitative estimate of drug-likeness (QED) is 0.798. The molecule has 0 radical (unpaired) electrons. The normalized spacial score (nSPS) is 14.4. The third kappa shape index (κ3) is 4.71. The Morgan fingerprint density at radius 3 is 2.54 bits per heavy atom. The van der Waals surface area contributed by atoms with Crippen molar-refractivity contribution in [2.75, 3.05) is 37.7 Å². The van der Waals surface area contributed by atoms with Crippen LogP contribution in [0.5, 0.6) is 5.88 Å². The topological polar surface area (TPSA) is 58.6 Å². The lowest BCUT2D eigenvalue weighted by Crippen LogP contribution is -2.49. The molecule has 1 aromatic heterocycles. The highest BCUT2D eigenvalue weighted by atomic mass is 16.5. The molecule has 3 rings (SSSR count). The average molecular weight is 354 g/mol. The van der Waals surface area contributed by atoms with Gasteiger partial charge < -0.3 is 14.5 Å². The summed E-state index contributed by atoms with van der Waals surface area (Å²) in [7, 11) is 0. The number of hydrogen-bond acceptors (Lipinski definition) is 5. The van der Waals surface area contributed by atoms with Crippen molar-refractivity contribution >= 4 is 11.7 Å². The molecule has 0 unspecified atom stereocenters. The van der Waals surface area contributed by atoms with E-state index in [-0.39, 0.29) is 5.91 Å². The number of ether oxygens (including phenoxy) is 1. The molecule has 0 aliphatic carbocycles. The molecule has 1 aliphatic rings. The number of nitrogens with zero attached hydrogens (tertiary/aromatic N) is 4. The van der Waals surface area contributed by atoms with Crippen molar-refractivity contribution in [1.29, 1.82) is 0 Å². The molecule has 6 nitrogen and oxygen atoms in total. The van der Waals surface area contributed by atoms with E-state index in [1.807, 2.05) is 43.0 Å². The smallest absolute Gasteiger partial charge is 0.223 e. The van der Waals surface area contributed by atoms with Gasteiger partial charge >= 0.3 is 0 Å². The second kappa shape index (κ2) is 8.65. The van der Waals surface area contributed by atoms with Crippen LogP contribution in [0.4, 0.5) is 5.82 Å². The second-order valence-corrected chi connectivity index (χ2v) is 6.40. The first-order chi connectivity index (χ1) is 12.7. The van der Waals surface area contributed by atoms with Gasteiger partial charge in [-0.2, -0.15) is 4.98 Å². The van der Waals surface area contributed by atoms with E-state index in [2.05, 4.69) is 27.0 Å². The highest BCUT2D eigenvalue weighted by Crippen LogP contribution is 2.19. The molecule has 1 amide bonds. The first kappa shape index (κ1) is 18.2. The maximum absolute atomic E-state index is 12.5. The summed E-state index contributed by atoms with van der Waals surface area (Å²) >= 11 is 0. The highest BCUT2D eigenvalue weighted by molar-refractivity contribution is 5.76. The number of anilines is 1. The van der Waals surface area contributed by atoms with E-state index in [0.717, 1.165) is 38.4 Å². The zero-order chi connectivity index (χ0) is 18.4. The number of aryl methyl sites for hydroxylation is 2. The molecule has 0 saturated carbocycles. The predicted molar refractivity (Wildman–Crippen MR) is 101 cm³/mol. The molecule has 6 heteroatoms. The van der Waals surface area contributed by atoms with Gasteiger partial charge in [0.25, 0.3) is 0 Å². The van der Waals surface area contributed by atoms with E-state index in [0.29, 0.717) is 24.7 Å². The van der Waals surface area contributed by atoms with Crippen molar-refractivity contribution in [3.8, 4) is 5.88 Å². The summed E-state index contributed by atoms with van der Waals surface area (Å²) in [5.41, 5.74) is 1.21. The fourth-order valence-corrected chi connectivity index (χ4v) is 3.15. The molecule has 1 saturated heterocycles. The van der Waals surface area contributed by atoms with Gasteiger partial charge in [0.15, 0.2) is 0 Å². The van der Waals surface area contributed by atoms with Crippen LogP contribution in [0, 0.1) is 6.92 Å². The summed E-state index contributed by atoms with van der Waals surface area (Å²) in [5, 5.41) is 0. The van der Waals surface area contributed by atoms with Crippen LogP contribution in [0.2, 0.25) is 0 Å². The van der Waals surface area contributed by atoms with Crippen LogP contribution in [-0.2, 0) is 11.2 Å². The van der Waals surface area contributed by atoms with Gasteiger partial charge in [0, 0.05) is 38.7 Å². The molecule has 26 heavy (non-hydrogen) atoms. The number of rotatable bonds is 6. The van der Waals surface area contributed by atoms with Crippen molar-refractivity contribution < 1.29 is 9.53 Å². The number of piperazine rings is 1. The number of hydrogen-bond donors (Lipinski definition) is 0. The summed E-state index contributed by atoms with van der Waals surface area (Å²) in [6.45, 7) is 7.39. The Morgan fingerprint density at radius 1 is 1.12 bits per heavy atom. The summed E-state index contributed by atoms with van der Waals surface area (Å²) in [6, 6.07) is 12.0. The van der Waals surface area contributed by atoms with Gasteiger partial charge in [0.1, 0.15) is 11.6 Å². The number of carbonyl (C=O) groups excluding carboxylic acids is 1. The zero-order valence-electron chi connectivity index (χ0n) is 15.5. The Morgan fingerprint density at radius 2 is 1.85 bits per heavy atom. The SMILES string of the molecule is CCOc1cc(N2CCN(C(=O)CCc3ccccc3)CC2)nc(C)n1. The summed E-state index contributed by atoms with van der Waals surface area (Å²) in [4.78, 5) is 25.4. The Hall–Kier alpha value is -2.63. The molecular weight excluding hydrogens is 328 g/mol. The minimum Gasteiger partial charge on any atom is -0.478 e. The molecule has 1 aliphatic heterocycles. The summed E-state index contributed by atoms with van der Waals surface area (Å²) < 4.78 is 5.51. The number of benzene rings is 1. The van der Waals surface area contributed by atoms with Crippen LogP contribution in [0.25, 0.3) is 0 Å². The van der Waals surface area contributed by atoms with Gasteiger partial charge in [0.2, 0.25) is 11.8 Å². The Bertz CT molecular complexity index is 728. The molecule has 0 bridgehead atoms. The van der Waals surface area contributed by atoms with Crippen LogP contribution < -0.4 is 9.64 Å². The lowest BCUT2D eigenvalue weighted by atomic mass is 10.1. The minimum atomic E-state index is 0.224. The molecule has 0 spiro atoms. The number of carbonyl (C=O) groups is 1. The third-order valence-corrected chi connectivity index (χ3v) is 4.52. The molecule has 0 atom stereocenters. The minimum absolute atomic E-state index is 0.224. The Kier molecular flexibility index (Phi) is 6.04. The summed E-state index contributed by atoms with van der Waals surface area (Å²) in [6.07, 6.45) is 1.35. The lowest BCUT2D eigenvalue weighted by Gasteiger charge is -2.35. The fraction of sp³-hybridized carbons (Fsp3) is 0.450. The van der Waals surface area contributed by atoms with E-state index in [1.54, 1.807) is 0 Å². The van der Waals surface area contributed by atoms with E-state index < -0.39 is 0 Å². The maximum atomic E-state index is 12.5. The number of aromatic nitrogens is 2. The first-order valence-corrected chi connectivity index (χ1v) is 9.21. The van der Waals surface area contributed by atoms with E-state index in [9.17, 15) is 4.79 Å². The van der Waals surface area contributed by atoms with Crippen LogP contribution in [0.3, 0.4) is 0 Å². The fourth-order valence-electron chi connectivity index (χ4n) is 3.15. The molecule has 2 heterocycles. The largest absolute Gasteiger partial charge is 0.478 e. The van der Waals surface area contributed by atoms with Gasteiger partial charge in [-0.05, 0) is 25.8 Å². The van der Waals surface area contributed by atoms with Crippen molar-refractivity contribution in [2.45, 2.75) is 26.7 Å². The maximum Gasteiger partial charge on any atom is 0.223 e. The van der Waals surface area contributed by atoms with Gasteiger partial charge in [0.05, 0.1) is 6.61 Å². The number of amides is 1. The summed E-state index contributed by atoms with van der Waals surface area (Å²) in [5.74, 6) is 2.41. The van der Waals surface area contributed by atoms with Crippen LogP contribution in [0.1, 0.15) is 24.7 Å². The van der Waals surface area contributed by atoms with Gasteiger partial charge in [-0.15, -0.1) is 0 Å². The Balaban J connectivity index is 1.53. The molecule has 138 valence electrons. The monoisotopic (exact) mass is 354 g/mol. The van der Waals surface area contributed by atoms with E-state index >= 15 is 0 Å². The van der Waals surface area contributed by atoms with E-state index in [1.165, 1.54) is 5.56 Å². The van der Waals surface area contributed by atoms with Crippen LogP contribution in [-0.4, -0.2) is 53.6 Å². The zero-order valence-corrected chi connectivity index (χ0v) is 15.5. The average Bonchev–Trinajstić information content (AvgIpc) is 2.67. The van der Waals surface area contributed by atoms with Gasteiger partial charge in [-0.1, -0.05) is 30.3 Å². The Labute approximate surface area is 154 Å². The predicted octanol–water partition coefficient (Wildman–Crippen LogP) is 2.47. The standard InChI is InChI=1S/C20H26N4O2/c1-3-26-19-15-18(21-16(2)22-19)23-11-13-24(14-12-23)20(25)10-9-17-7-5-4-6-8-17/h4-8,15H,3,9-14H2,1-2H3. The van der Waals surface area contributed by atoms with E-state index in [4.69, 9.17) is 4.74 Å². The van der Waals surface area contributed by atoms with Crippen molar-refractivity contribution in [1.82, 2.24) is 14.9 Å². The second-order valence-electron chi connectivity index (χ2n) is 6.40. The van der Waals surface area contributed by atoms with Crippen molar-refractivity contribution in [3.05, 3.63) is 47.8 Å². The van der Waals surface area contributed by atoms with Gasteiger partial charge in [-0.25, -0.2) is 4.98 Å². The van der Waals surface area contributed by atoms with Gasteiger partial charge in [-0.3, -0.25) is 4.79 Å². The van der Waals surface area contributed by atoms with Crippen LogP contribution in [0.15, 0.2) is 36.4 Å². The first-order valence-electron chi connectivity index (χ1n) is 9.21. The third-order valence-electron chi connectivity index (χ3n) is 4.52. The molecule has 1 aromatic carbocycles.